The van der Waals surface area contributed by atoms with Gasteiger partial charge < -0.3 is 33.9 Å². The summed E-state index contributed by atoms with van der Waals surface area (Å²) in [7, 11) is 4.47. The van der Waals surface area contributed by atoms with Gasteiger partial charge in [0, 0.05) is 51.3 Å². The molecule has 3 amide bonds. The van der Waals surface area contributed by atoms with Gasteiger partial charge in [-0.05, 0) is 50.1 Å². The molecule has 0 radical (unpaired) electrons. The molecule has 8 atom stereocenters. The van der Waals surface area contributed by atoms with E-state index in [2.05, 4.69) is 5.32 Å². The van der Waals surface area contributed by atoms with E-state index < -0.39 is 65.7 Å². The first-order valence-electron chi connectivity index (χ1n) is 17.7. The molecule has 2 saturated heterocycles. The molecule has 4 rings (SSSR count). The Morgan fingerprint density at radius 2 is 1.96 bits per heavy atom. The number of epoxide rings is 1. The number of hydrogen-bond donors (Lipinski definition) is 2. The average molecular weight is 778 g/mol. The quantitative estimate of drug-likeness (QED) is 0.200. The molecule has 2 N–H and O–H groups in total. The number of allylic oxidation sites excluding steroid dienone is 3. The molecular formula is C38H52ClN3O10S. The van der Waals surface area contributed by atoms with Crippen LogP contribution in [0.1, 0.15) is 76.7 Å². The number of anilines is 1. The summed E-state index contributed by atoms with van der Waals surface area (Å²) in [6.45, 7) is 11.0. The zero-order valence-corrected chi connectivity index (χ0v) is 33.4. The van der Waals surface area contributed by atoms with Crippen molar-refractivity contribution in [2.75, 3.05) is 31.9 Å². The van der Waals surface area contributed by atoms with E-state index in [1.807, 2.05) is 26.8 Å². The summed E-state index contributed by atoms with van der Waals surface area (Å²) in [5, 5.41) is 14.6. The second-order valence-corrected chi connectivity index (χ2v) is 16.6. The van der Waals surface area contributed by atoms with Crippen molar-refractivity contribution in [2.45, 2.75) is 114 Å². The number of aliphatic hydroxyl groups is 1. The summed E-state index contributed by atoms with van der Waals surface area (Å²) in [4.78, 5) is 68.3. The van der Waals surface area contributed by atoms with E-state index in [0.717, 1.165) is 5.57 Å². The van der Waals surface area contributed by atoms with E-state index in [4.69, 9.17) is 30.5 Å². The highest BCUT2D eigenvalue weighted by Gasteiger charge is 2.64. The number of rotatable bonds is 9. The van der Waals surface area contributed by atoms with Gasteiger partial charge in [0.05, 0.1) is 23.2 Å². The van der Waals surface area contributed by atoms with E-state index in [0.29, 0.717) is 35.0 Å². The highest BCUT2D eigenvalue weighted by atomic mass is 35.5. The summed E-state index contributed by atoms with van der Waals surface area (Å²) >= 11 is 8.30. The van der Waals surface area contributed by atoms with Gasteiger partial charge in [0.15, 0.2) is 12.0 Å². The zero-order valence-electron chi connectivity index (χ0n) is 31.8. The predicted molar refractivity (Wildman–Crippen MR) is 202 cm³/mol. The molecule has 13 nitrogen and oxygen atoms in total. The second kappa shape index (κ2) is 17.4. The van der Waals surface area contributed by atoms with Gasteiger partial charge in [-0.15, -0.1) is 0 Å². The first kappa shape index (κ1) is 42.3. The number of halogens is 1. The van der Waals surface area contributed by atoms with Crippen molar-refractivity contribution >= 4 is 59.2 Å². The lowest BCUT2D eigenvalue weighted by molar-refractivity contribution is -0.162. The Kier molecular flexibility index (Phi) is 13.9. The fourth-order valence-electron chi connectivity index (χ4n) is 6.77. The number of carbonyl (C=O) groups is 5. The van der Waals surface area contributed by atoms with E-state index in [1.54, 1.807) is 56.8 Å². The molecule has 15 heteroatoms. The number of aldehydes is 1. The Bertz CT molecular complexity index is 1640. The molecule has 0 saturated carbocycles. The van der Waals surface area contributed by atoms with Crippen molar-refractivity contribution in [2.24, 2.45) is 5.92 Å². The van der Waals surface area contributed by atoms with Crippen LogP contribution in [0.2, 0.25) is 5.02 Å². The van der Waals surface area contributed by atoms with Gasteiger partial charge in [-0.1, -0.05) is 56.2 Å². The van der Waals surface area contributed by atoms with Crippen molar-refractivity contribution in [3.63, 3.8) is 0 Å². The highest BCUT2D eigenvalue weighted by Crippen LogP contribution is 2.49. The molecule has 1 aromatic carbocycles. The average Bonchev–Trinajstić information content (AvgIpc) is 3.79. The molecule has 292 valence electrons. The first-order chi connectivity index (χ1) is 24.8. The van der Waals surface area contributed by atoms with E-state index in [-0.39, 0.29) is 35.8 Å². The minimum absolute atomic E-state index is 0.0641. The summed E-state index contributed by atoms with van der Waals surface area (Å²) < 4.78 is 23.6. The van der Waals surface area contributed by atoms with E-state index >= 15 is 0 Å². The maximum atomic E-state index is 14.1. The van der Waals surface area contributed by atoms with Gasteiger partial charge in [-0.25, -0.2) is 9.59 Å². The molecule has 3 aliphatic rings. The molecule has 0 unspecified atom stereocenters. The third-order valence-electron chi connectivity index (χ3n) is 10.3. The lowest BCUT2D eigenvalue weighted by Gasteiger charge is -2.42. The van der Waals surface area contributed by atoms with Crippen LogP contribution in [0.5, 0.6) is 0 Å². The number of alkyl carbamates (subject to hydrolysis) is 1. The molecule has 0 aromatic heterocycles. The van der Waals surface area contributed by atoms with Crippen LogP contribution in [0, 0.1) is 5.92 Å². The van der Waals surface area contributed by atoms with Crippen LogP contribution in [0.4, 0.5) is 10.5 Å². The number of amides is 3. The van der Waals surface area contributed by atoms with Crippen molar-refractivity contribution in [1.82, 2.24) is 10.2 Å². The van der Waals surface area contributed by atoms with Crippen LogP contribution in [-0.4, -0.2) is 114 Å². The third-order valence-corrected chi connectivity index (χ3v) is 11.8. The molecule has 2 fully saturated rings. The van der Waals surface area contributed by atoms with Gasteiger partial charge in [-0.3, -0.25) is 19.7 Å². The number of methoxy groups -OCH3 is 1. The topological polar surface area (TPSA) is 164 Å². The van der Waals surface area contributed by atoms with Crippen LogP contribution in [-0.2, 0) is 39.8 Å². The number of benzene rings is 1. The van der Waals surface area contributed by atoms with Crippen LogP contribution in [0.3, 0.4) is 0 Å². The number of thioether (sulfide) groups is 1. The standard InChI is InChI=1S/C38H52ClN3O10S/c1-21(2)53-14-13-31(44)41(7)24(5)35(46)51-30-18-32(45)42(8)27-17-25(16-26(20-43)33(27)39)15-22(3)11-10-12-29(49-9)38(48)19-28(50-36(47)40-38)23(4)34-37(30,6)52-34/h10-12,16-17,20-21,23-24,28-30,34,48H,13-15,18-19H2,1-9H3,(H,40,47)/b12-10+,22-11+/t23-,24+,28+,29-,30+,34+,37+,38+/m1/s1. The smallest absolute Gasteiger partial charge is 0.409 e. The summed E-state index contributed by atoms with van der Waals surface area (Å²) in [6.07, 6.45) is 1.48. The molecule has 4 bridgehead atoms. The lowest BCUT2D eigenvalue weighted by atomic mass is 9.83. The molecule has 0 aliphatic carbocycles. The minimum Gasteiger partial charge on any atom is -0.457 e. The molecule has 3 heterocycles. The molecule has 53 heavy (non-hydrogen) atoms. The van der Waals surface area contributed by atoms with E-state index in [9.17, 15) is 29.1 Å². The largest absolute Gasteiger partial charge is 0.457 e. The number of fused-ring (bicyclic) bond motifs is 5. The van der Waals surface area contributed by atoms with Crippen molar-refractivity contribution in [1.29, 1.82) is 0 Å². The van der Waals surface area contributed by atoms with Crippen LogP contribution < -0.4 is 10.2 Å². The van der Waals surface area contributed by atoms with Crippen molar-refractivity contribution in [3.05, 3.63) is 52.1 Å². The lowest BCUT2D eigenvalue weighted by Crippen LogP contribution is -2.63. The number of likely N-dealkylation sites (N-methyl/N-ethyl adjacent to an activating group) is 1. The number of ether oxygens (including phenoxy) is 4. The Morgan fingerprint density at radius 1 is 1.26 bits per heavy atom. The normalized spacial score (nSPS) is 31.3. The SMILES string of the molecule is CO[C@@H]1/C=C/C=C(\C)Cc2cc(C=O)c(Cl)c(c2)N(C)C(=O)C[C@H](OC(=O)[C@H](C)N(C)C(=O)CCSC(C)C)[C@]2(C)O[C@H]2[C@H](C)[C@@H]2C[C@@]1(O)NC(=O)O2. The van der Waals surface area contributed by atoms with Crippen LogP contribution in [0.15, 0.2) is 35.9 Å². The predicted octanol–water partition coefficient (Wildman–Crippen LogP) is 4.85. The minimum atomic E-state index is -1.84. The summed E-state index contributed by atoms with van der Waals surface area (Å²) in [5.41, 5.74) is -1.02. The number of esters is 1. The Morgan fingerprint density at radius 3 is 2.60 bits per heavy atom. The van der Waals surface area contributed by atoms with E-state index in [1.165, 1.54) is 31.0 Å². The monoisotopic (exact) mass is 777 g/mol. The van der Waals surface area contributed by atoms with Crippen molar-refractivity contribution < 1.29 is 48.0 Å². The van der Waals surface area contributed by atoms with Gasteiger partial charge in [0.2, 0.25) is 11.8 Å². The summed E-state index contributed by atoms with van der Waals surface area (Å²) in [6, 6.07) is 2.39. The molecule has 1 aromatic rings. The number of nitrogens with one attached hydrogen (secondary N) is 1. The molecular weight excluding hydrogens is 726 g/mol. The maximum absolute atomic E-state index is 14.1. The van der Waals surface area contributed by atoms with Crippen LogP contribution >= 0.6 is 23.4 Å². The summed E-state index contributed by atoms with van der Waals surface area (Å²) in [5.74, 6) is -1.39. The highest BCUT2D eigenvalue weighted by molar-refractivity contribution is 7.99. The first-order valence-corrected chi connectivity index (χ1v) is 19.1. The Hall–Kier alpha value is -3.43. The van der Waals surface area contributed by atoms with Gasteiger partial charge >= 0.3 is 12.1 Å². The maximum Gasteiger partial charge on any atom is 0.409 e. The number of hydrogen-bond acceptors (Lipinski definition) is 11. The molecule has 0 spiro atoms. The zero-order chi connectivity index (χ0) is 39.4. The second-order valence-electron chi connectivity index (χ2n) is 14.6. The van der Waals surface area contributed by atoms with Crippen molar-refractivity contribution in [3.8, 4) is 0 Å². The fourth-order valence-corrected chi connectivity index (χ4v) is 7.81. The van der Waals surface area contributed by atoms with Gasteiger partial charge in [0.1, 0.15) is 30.0 Å². The Labute approximate surface area is 320 Å². The fraction of sp³-hybridized carbons (Fsp3) is 0.605. The van der Waals surface area contributed by atoms with Gasteiger partial charge in [0.25, 0.3) is 0 Å². The Balaban J connectivity index is 1.73. The third kappa shape index (κ3) is 9.82. The number of carbonyl (C=O) groups excluding carboxylic acids is 5. The van der Waals surface area contributed by atoms with Gasteiger partial charge in [-0.2, -0.15) is 11.8 Å². The molecule has 3 aliphatic heterocycles. The van der Waals surface area contributed by atoms with Crippen LogP contribution in [0.25, 0.3) is 0 Å². The number of nitrogens with zero attached hydrogens (tertiary/aromatic N) is 2.